The van der Waals surface area contributed by atoms with Crippen molar-refractivity contribution in [3.63, 3.8) is 0 Å². The summed E-state index contributed by atoms with van der Waals surface area (Å²) in [6, 6.07) is 24.9. The number of carbonyl (C=O) groups is 3. The van der Waals surface area contributed by atoms with E-state index in [9.17, 15) is 23.8 Å². The first-order valence-corrected chi connectivity index (χ1v) is 19.7. The number of amides is 3. The third-order valence-corrected chi connectivity index (χ3v) is 12.7. The Labute approximate surface area is 291 Å². The minimum absolute atomic E-state index is 0.00550. The number of nitrogens with one attached hydrogen (secondary N) is 3. The van der Waals surface area contributed by atoms with E-state index >= 15 is 0 Å². The minimum Gasteiger partial charge on any atom is -0.445 e. The Bertz CT molecular complexity index is 1730. The molecular weight excluding hydrogens is 659 g/mol. The van der Waals surface area contributed by atoms with Crippen molar-refractivity contribution in [1.29, 1.82) is 0 Å². The molecular formula is C37H45N4O6PS. The predicted molar refractivity (Wildman–Crippen MR) is 194 cm³/mol. The number of rotatable bonds is 16. The SMILES string of the molecule is NC(=O)[C@H](Cc1c[nH]c2ccccc12)NC(=O)C(CSC1CCCCC1)CP(=O)(O)[C@H](Cc1ccccc1)NC(=O)OCc1ccccc1. The second-order valence-corrected chi connectivity index (χ2v) is 16.5. The number of ether oxygens (including phenoxy) is 1. The lowest BCUT2D eigenvalue weighted by atomic mass is 10.0. The van der Waals surface area contributed by atoms with Crippen LogP contribution in [0.15, 0.2) is 91.1 Å². The molecule has 260 valence electrons. The van der Waals surface area contributed by atoms with Gasteiger partial charge in [-0.25, -0.2) is 4.79 Å². The van der Waals surface area contributed by atoms with E-state index < -0.39 is 49.2 Å². The summed E-state index contributed by atoms with van der Waals surface area (Å²) in [4.78, 5) is 54.5. The van der Waals surface area contributed by atoms with Crippen molar-refractivity contribution in [2.45, 2.75) is 68.6 Å². The van der Waals surface area contributed by atoms with Crippen LogP contribution in [0.5, 0.6) is 0 Å². The van der Waals surface area contributed by atoms with Crippen molar-refractivity contribution < 1.29 is 28.6 Å². The number of hydrogen-bond acceptors (Lipinski definition) is 6. The summed E-state index contributed by atoms with van der Waals surface area (Å²) in [6.45, 7) is -0.00550. The van der Waals surface area contributed by atoms with E-state index in [4.69, 9.17) is 10.5 Å². The van der Waals surface area contributed by atoms with Gasteiger partial charge in [0.15, 0.2) is 0 Å². The van der Waals surface area contributed by atoms with Gasteiger partial charge in [-0.05, 0) is 35.6 Å². The molecule has 49 heavy (non-hydrogen) atoms. The van der Waals surface area contributed by atoms with Crippen LogP contribution in [0, 0.1) is 5.92 Å². The second-order valence-electron chi connectivity index (χ2n) is 12.7. The van der Waals surface area contributed by atoms with Gasteiger partial charge in [0.05, 0.1) is 5.92 Å². The van der Waals surface area contributed by atoms with Gasteiger partial charge in [-0.15, -0.1) is 0 Å². The number of para-hydroxylation sites is 1. The molecule has 5 rings (SSSR count). The molecule has 2 unspecified atom stereocenters. The lowest BCUT2D eigenvalue weighted by Gasteiger charge is -2.29. The van der Waals surface area contributed by atoms with E-state index in [1.165, 1.54) is 6.42 Å². The van der Waals surface area contributed by atoms with Gasteiger partial charge in [-0.3, -0.25) is 14.2 Å². The highest BCUT2D eigenvalue weighted by molar-refractivity contribution is 7.99. The maximum Gasteiger partial charge on any atom is 0.408 e. The standard InChI is InChI=1S/C37H45N4O6PS/c38-35(42)33(21-28-22-39-32-19-11-10-18-31(28)32)40-36(43)29(25-49-30-16-8-3-9-17-30)24-48(45,46)34(20-26-12-4-1-5-13-26)41-37(44)47-23-27-14-6-2-7-15-27/h1-2,4-7,10-15,18-19,22,29-30,33-34,39H,3,8-9,16-17,20-21,23-25H2,(H2,38,42)(H,40,43)(H,41,44)(H,45,46)/t29?,33-,34+/m0/s1. The number of alkyl carbamates (subject to hydrolysis) is 1. The summed E-state index contributed by atoms with van der Waals surface area (Å²) in [5.41, 5.74) is 9.03. The summed E-state index contributed by atoms with van der Waals surface area (Å²) in [5.74, 6) is -3.07. The number of H-pyrrole nitrogens is 1. The zero-order chi connectivity index (χ0) is 34.6. The third-order valence-electron chi connectivity index (χ3n) is 8.95. The average molecular weight is 705 g/mol. The van der Waals surface area contributed by atoms with Gasteiger partial charge in [0.1, 0.15) is 18.4 Å². The topological polar surface area (TPSA) is 164 Å². The number of fused-ring (bicyclic) bond motifs is 1. The van der Waals surface area contributed by atoms with Gasteiger partial charge in [0.25, 0.3) is 0 Å². The molecule has 4 atom stereocenters. The quantitative estimate of drug-likeness (QED) is 0.0877. The molecule has 1 aliphatic rings. The van der Waals surface area contributed by atoms with Crippen molar-refractivity contribution in [2.75, 3.05) is 11.9 Å². The zero-order valence-corrected chi connectivity index (χ0v) is 29.2. The van der Waals surface area contributed by atoms with Crippen molar-refractivity contribution in [2.24, 2.45) is 11.7 Å². The summed E-state index contributed by atoms with van der Waals surface area (Å²) >= 11 is 1.63. The first-order valence-electron chi connectivity index (χ1n) is 16.8. The molecule has 12 heteroatoms. The van der Waals surface area contributed by atoms with Crippen molar-refractivity contribution in [3.05, 3.63) is 108 Å². The largest absolute Gasteiger partial charge is 0.445 e. The first kappa shape index (κ1) is 36.2. The fraction of sp³-hybridized carbons (Fsp3) is 0.378. The molecule has 0 bridgehead atoms. The molecule has 6 N–H and O–H groups in total. The fourth-order valence-electron chi connectivity index (χ4n) is 6.20. The lowest BCUT2D eigenvalue weighted by Crippen LogP contribution is -2.49. The predicted octanol–water partition coefficient (Wildman–Crippen LogP) is 6.13. The van der Waals surface area contributed by atoms with Crippen LogP contribution >= 0.6 is 19.1 Å². The van der Waals surface area contributed by atoms with E-state index in [2.05, 4.69) is 15.6 Å². The van der Waals surface area contributed by atoms with E-state index in [0.29, 0.717) is 5.25 Å². The smallest absolute Gasteiger partial charge is 0.408 e. The average Bonchev–Trinajstić information content (AvgIpc) is 3.52. The molecule has 3 amide bonds. The lowest BCUT2D eigenvalue weighted by molar-refractivity contribution is -0.129. The van der Waals surface area contributed by atoms with Crippen molar-refractivity contribution in [1.82, 2.24) is 15.6 Å². The minimum atomic E-state index is -4.26. The number of aromatic amines is 1. The number of aromatic nitrogens is 1. The van der Waals surface area contributed by atoms with Gasteiger partial charge in [-0.2, -0.15) is 11.8 Å². The number of hydrogen-bond donors (Lipinski definition) is 5. The second kappa shape index (κ2) is 17.6. The molecule has 1 aromatic heterocycles. The molecule has 0 radical (unpaired) electrons. The molecule has 1 aliphatic carbocycles. The summed E-state index contributed by atoms with van der Waals surface area (Å²) in [7, 11) is -4.26. The maximum atomic E-state index is 14.3. The zero-order valence-electron chi connectivity index (χ0n) is 27.5. The fourth-order valence-corrected chi connectivity index (χ4v) is 9.80. The van der Waals surface area contributed by atoms with Crippen LogP contribution in [0.25, 0.3) is 10.9 Å². The Morgan fingerprint density at radius 1 is 0.898 bits per heavy atom. The van der Waals surface area contributed by atoms with Gasteiger partial charge in [0.2, 0.25) is 19.2 Å². The molecule has 0 saturated heterocycles. The van der Waals surface area contributed by atoms with Gasteiger partial charge in [-0.1, -0.05) is 98.1 Å². The molecule has 4 aromatic rings. The van der Waals surface area contributed by atoms with Crippen molar-refractivity contribution >= 4 is 47.9 Å². The summed E-state index contributed by atoms with van der Waals surface area (Å²) in [6.07, 6.45) is 6.22. The molecule has 0 spiro atoms. The number of primary amides is 1. The van der Waals surface area contributed by atoms with Crippen LogP contribution in [0.3, 0.4) is 0 Å². The maximum absolute atomic E-state index is 14.3. The normalized spacial score (nSPS) is 16.6. The molecule has 10 nitrogen and oxygen atoms in total. The summed E-state index contributed by atoms with van der Waals surface area (Å²) < 4.78 is 19.7. The molecule has 1 saturated carbocycles. The van der Waals surface area contributed by atoms with Crippen LogP contribution in [-0.4, -0.2) is 56.8 Å². The van der Waals surface area contributed by atoms with Crippen molar-refractivity contribution in [3.8, 4) is 0 Å². The Kier molecular flexibility index (Phi) is 13.0. The Morgan fingerprint density at radius 2 is 1.55 bits per heavy atom. The molecule has 0 aliphatic heterocycles. The number of benzene rings is 3. The monoisotopic (exact) mass is 704 g/mol. The van der Waals surface area contributed by atoms with Crippen LogP contribution in [0.1, 0.15) is 48.8 Å². The highest BCUT2D eigenvalue weighted by Gasteiger charge is 2.39. The van der Waals surface area contributed by atoms with Crippen LogP contribution in [0.2, 0.25) is 0 Å². The van der Waals surface area contributed by atoms with E-state index in [0.717, 1.165) is 53.3 Å². The van der Waals surface area contributed by atoms with Crippen LogP contribution in [-0.2, 0) is 38.3 Å². The van der Waals surface area contributed by atoms with E-state index in [-0.39, 0.29) is 25.2 Å². The third kappa shape index (κ3) is 10.7. The van der Waals surface area contributed by atoms with Gasteiger partial charge < -0.3 is 31.0 Å². The van der Waals surface area contributed by atoms with Crippen LogP contribution in [0.4, 0.5) is 4.79 Å². The van der Waals surface area contributed by atoms with Gasteiger partial charge >= 0.3 is 6.09 Å². The molecule has 1 fully saturated rings. The van der Waals surface area contributed by atoms with E-state index in [1.54, 1.807) is 18.0 Å². The Morgan fingerprint density at radius 3 is 2.24 bits per heavy atom. The summed E-state index contributed by atoms with van der Waals surface area (Å²) in [5, 5.41) is 6.71. The molecule has 1 heterocycles. The van der Waals surface area contributed by atoms with Gasteiger partial charge in [0, 0.05) is 47.1 Å². The Balaban J connectivity index is 1.34. The Hall–Kier alpha value is -4.05. The van der Waals surface area contributed by atoms with E-state index in [1.807, 2.05) is 84.9 Å². The van der Waals surface area contributed by atoms with Crippen LogP contribution < -0.4 is 16.4 Å². The highest BCUT2D eigenvalue weighted by Crippen LogP contribution is 2.49. The number of thioether (sulfide) groups is 1. The number of carbonyl (C=O) groups excluding carboxylic acids is 3. The first-order chi connectivity index (χ1) is 23.7. The highest BCUT2D eigenvalue weighted by atomic mass is 32.2. The number of nitrogens with two attached hydrogens (primary N) is 1. The molecule has 3 aromatic carbocycles.